The zero-order valence-electron chi connectivity index (χ0n) is 20.5. The summed E-state index contributed by atoms with van der Waals surface area (Å²) in [6.45, 7) is 5.00. The lowest BCUT2D eigenvalue weighted by molar-refractivity contribution is -0.137. The molecule has 1 heterocycles. The van der Waals surface area contributed by atoms with Gasteiger partial charge in [0.25, 0.3) is 5.91 Å². The van der Waals surface area contributed by atoms with E-state index in [1.807, 2.05) is 13.8 Å². The van der Waals surface area contributed by atoms with Crippen LogP contribution in [0.2, 0.25) is 0 Å². The zero-order chi connectivity index (χ0) is 27.4. The van der Waals surface area contributed by atoms with Gasteiger partial charge < -0.3 is 10.6 Å². The van der Waals surface area contributed by atoms with Gasteiger partial charge in [-0.1, -0.05) is 24.3 Å². The summed E-state index contributed by atoms with van der Waals surface area (Å²) < 4.78 is 40.1. The first-order chi connectivity index (χ1) is 18.1. The third-order valence-corrected chi connectivity index (χ3v) is 5.99. The highest BCUT2D eigenvalue weighted by Gasteiger charge is 2.32. The molecule has 0 fully saturated rings. The van der Waals surface area contributed by atoms with E-state index in [0.717, 1.165) is 22.6 Å². The van der Waals surface area contributed by atoms with Crippen molar-refractivity contribution < 1.29 is 22.8 Å². The molecule has 0 aliphatic rings. The van der Waals surface area contributed by atoms with Crippen molar-refractivity contribution in [2.75, 3.05) is 18.0 Å². The molecule has 0 atom stereocenters. The maximum Gasteiger partial charge on any atom is 0.416 e. The third kappa shape index (κ3) is 5.33. The van der Waals surface area contributed by atoms with Crippen molar-refractivity contribution >= 4 is 23.3 Å². The first-order valence-corrected chi connectivity index (χ1v) is 11.7. The number of carbonyl (C=O) groups is 2. The number of primary amides is 1. The Balaban J connectivity index is 1.79. The number of nitrogens with two attached hydrogens (primary N) is 1. The molecule has 12 heteroatoms. The van der Waals surface area contributed by atoms with Crippen molar-refractivity contribution in [1.29, 1.82) is 0 Å². The van der Waals surface area contributed by atoms with E-state index in [2.05, 4.69) is 20.6 Å². The quantitative estimate of drug-likeness (QED) is 0.343. The normalized spacial score (nSPS) is 11.3. The third-order valence-electron chi connectivity index (χ3n) is 5.99. The first kappa shape index (κ1) is 26.3. The number of amides is 3. The van der Waals surface area contributed by atoms with Crippen molar-refractivity contribution in [3.05, 3.63) is 77.9 Å². The van der Waals surface area contributed by atoms with Gasteiger partial charge in [-0.15, -0.1) is 10.2 Å². The van der Waals surface area contributed by atoms with Crippen LogP contribution in [-0.4, -0.2) is 50.6 Å². The van der Waals surface area contributed by atoms with Crippen LogP contribution in [0.4, 0.5) is 29.3 Å². The molecule has 0 saturated carbocycles. The largest absolute Gasteiger partial charge is 0.416 e. The fraction of sp³-hybridized carbons (Fsp3) is 0.192. The highest BCUT2D eigenvalue weighted by atomic mass is 19.4. The van der Waals surface area contributed by atoms with Gasteiger partial charge in [0.05, 0.1) is 16.9 Å². The number of benzene rings is 3. The molecule has 1 aromatic heterocycles. The Bertz CT molecular complexity index is 1430. The molecule has 0 aliphatic carbocycles. The predicted molar refractivity (Wildman–Crippen MR) is 135 cm³/mol. The molecule has 9 nitrogen and oxygen atoms in total. The summed E-state index contributed by atoms with van der Waals surface area (Å²) in [6, 6.07) is 15.2. The molecule has 3 amide bonds. The van der Waals surface area contributed by atoms with Crippen molar-refractivity contribution in [1.82, 2.24) is 25.5 Å². The minimum atomic E-state index is -4.61. The van der Waals surface area contributed by atoms with Crippen LogP contribution in [0.5, 0.6) is 0 Å². The summed E-state index contributed by atoms with van der Waals surface area (Å²) in [5.41, 5.74) is 7.06. The number of tetrazole rings is 1. The zero-order valence-corrected chi connectivity index (χ0v) is 20.5. The molecule has 0 aliphatic heterocycles. The van der Waals surface area contributed by atoms with Crippen LogP contribution in [0.25, 0.3) is 22.5 Å². The van der Waals surface area contributed by atoms with Crippen LogP contribution in [0.1, 0.15) is 29.8 Å². The van der Waals surface area contributed by atoms with Gasteiger partial charge in [-0.3, -0.25) is 9.69 Å². The van der Waals surface area contributed by atoms with Gasteiger partial charge in [-0.2, -0.15) is 18.4 Å². The minimum Gasteiger partial charge on any atom is -0.351 e. The van der Waals surface area contributed by atoms with Crippen LogP contribution < -0.4 is 10.6 Å². The fourth-order valence-corrected chi connectivity index (χ4v) is 4.07. The average molecular weight is 524 g/mol. The molecule has 4 rings (SSSR count). The number of nitrogens with one attached hydrogen (secondary N) is 1. The highest BCUT2D eigenvalue weighted by Crippen LogP contribution is 2.39. The van der Waals surface area contributed by atoms with E-state index >= 15 is 0 Å². The van der Waals surface area contributed by atoms with E-state index in [1.165, 1.54) is 12.1 Å². The number of urea groups is 1. The van der Waals surface area contributed by atoms with Gasteiger partial charge in [-0.25, -0.2) is 4.79 Å². The summed E-state index contributed by atoms with van der Waals surface area (Å²) in [5, 5.41) is 13.9. The summed E-state index contributed by atoms with van der Waals surface area (Å²) in [7, 11) is 0. The molecular formula is C26H24F3N7O2. The van der Waals surface area contributed by atoms with Gasteiger partial charge in [0.1, 0.15) is 0 Å². The molecular weight excluding hydrogens is 499 g/mol. The summed E-state index contributed by atoms with van der Waals surface area (Å²) in [6.07, 6.45) is -4.61. The van der Waals surface area contributed by atoms with Gasteiger partial charge in [0.2, 0.25) is 5.82 Å². The lowest BCUT2D eigenvalue weighted by atomic mass is 9.99. The molecule has 0 bridgehead atoms. The molecule has 196 valence electrons. The average Bonchev–Trinajstić information content (AvgIpc) is 3.44. The van der Waals surface area contributed by atoms with Crippen LogP contribution >= 0.6 is 0 Å². The monoisotopic (exact) mass is 523 g/mol. The SMILES string of the molecule is CCN(CC)C(=O)c1ccc(-c2ccc(N(C(N)=O)c3cccc(C(F)(F)F)c3)c(-c3nn[nH]n3)c2)cc1. The van der Waals surface area contributed by atoms with E-state index in [-0.39, 0.29) is 23.1 Å². The number of H-pyrrole nitrogens is 1. The highest BCUT2D eigenvalue weighted by molar-refractivity contribution is 6.02. The second-order valence-corrected chi connectivity index (χ2v) is 8.24. The number of nitrogens with zero attached hydrogens (tertiary/aromatic N) is 5. The maximum atomic E-state index is 13.4. The number of hydrogen-bond donors (Lipinski definition) is 2. The summed E-state index contributed by atoms with van der Waals surface area (Å²) >= 11 is 0. The second-order valence-electron chi connectivity index (χ2n) is 8.24. The lowest BCUT2D eigenvalue weighted by Crippen LogP contribution is -2.32. The molecule has 0 radical (unpaired) electrons. The first-order valence-electron chi connectivity index (χ1n) is 11.7. The van der Waals surface area contributed by atoms with Crippen molar-refractivity contribution in [3.63, 3.8) is 0 Å². The number of hydrogen-bond acceptors (Lipinski definition) is 5. The number of halogens is 3. The number of rotatable bonds is 7. The number of anilines is 2. The summed E-state index contributed by atoms with van der Waals surface area (Å²) in [5.74, 6) is 0.0241. The van der Waals surface area contributed by atoms with Gasteiger partial charge >= 0.3 is 12.2 Å². The van der Waals surface area contributed by atoms with Crippen molar-refractivity contribution in [2.24, 2.45) is 5.73 Å². The fourth-order valence-electron chi connectivity index (χ4n) is 4.07. The van der Waals surface area contributed by atoms with E-state index < -0.39 is 17.8 Å². The second kappa shape index (κ2) is 10.7. The van der Waals surface area contributed by atoms with Gasteiger partial charge in [-0.05, 0) is 72.7 Å². The molecule has 38 heavy (non-hydrogen) atoms. The van der Waals surface area contributed by atoms with Gasteiger partial charge in [0.15, 0.2) is 0 Å². The smallest absolute Gasteiger partial charge is 0.351 e. The molecule has 3 N–H and O–H groups in total. The Morgan fingerprint density at radius 2 is 1.63 bits per heavy atom. The van der Waals surface area contributed by atoms with Crippen LogP contribution in [0.3, 0.4) is 0 Å². The van der Waals surface area contributed by atoms with Crippen molar-refractivity contribution in [2.45, 2.75) is 20.0 Å². The Labute approximate surface area is 216 Å². The molecule has 0 saturated heterocycles. The standard InChI is InChI=1S/C26H24F3N7O2/c1-3-35(4-2)24(37)17-10-8-16(9-11-17)18-12-13-22(21(14-18)23-31-33-34-32-23)36(25(30)38)20-7-5-6-19(15-20)26(27,28)29/h5-15H,3-4H2,1-2H3,(H2,30,38)(H,31,32,33,34). The van der Waals surface area contributed by atoms with Crippen LogP contribution in [0, 0.1) is 0 Å². The number of aromatic amines is 1. The Kier molecular flexibility index (Phi) is 7.42. The van der Waals surface area contributed by atoms with E-state index in [1.54, 1.807) is 47.4 Å². The minimum absolute atomic E-state index is 0.0795. The maximum absolute atomic E-state index is 13.4. The molecule has 0 spiro atoms. The lowest BCUT2D eigenvalue weighted by Gasteiger charge is -2.24. The Morgan fingerprint density at radius 1 is 0.947 bits per heavy atom. The van der Waals surface area contributed by atoms with E-state index in [4.69, 9.17) is 5.73 Å². The molecule has 4 aromatic rings. The topological polar surface area (TPSA) is 121 Å². The Morgan fingerprint density at radius 3 is 2.21 bits per heavy atom. The number of alkyl halides is 3. The number of carbonyl (C=O) groups excluding carboxylic acids is 2. The predicted octanol–water partition coefficient (Wildman–Crippen LogP) is 5.25. The molecule has 0 unspecified atom stereocenters. The number of aromatic nitrogens is 4. The van der Waals surface area contributed by atoms with Gasteiger partial charge in [0, 0.05) is 24.2 Å². The van der Waals surface area contributed by atoms with Crippen molar-refractivity contribution in [3.8, 4) is 22.5 Å². The molecule has 3 aromatic carbocycles. The van der Waals surface area contributed by atoms with E-state index in [0.29, 0.717) is 29.8 Å². The Hall–Kier alpha value is -4.74. The summed E-state index contributed by atoms with van der Waals surface area (Å²) in [4.78, 5) is 27.8. The van der Waals surface area contributed by atoms with Crippen LogP contribution in [0.15, 0.2) is 66.7 Å². The van der Waals surface area contributed by atoms with Crippen LogP contribution in [-0.2, 0) is 6.18 Å². The van der Waals surface area contributed by atoms with E-state index in [9.17, 15) is 22.8 Å².